The van der Waals surface area contributed by atoms with Crippen molar-refractivity contribution in [1.29, 1.82) is 0 Å². The quantitative estimate of drug-likeness (QED) is 0.209. The van der Waals surface area contributed by atoms with Gasteiger partial charge in [0.05, 0.1) is 0 Å². The first kappa shape index (κ1) is 24.6. The average Bonchev–Trinajstić information content (AvgIpc) is 3.06. The normalized spacial score (nSPS) is 10.9. The summed E-state index contributed by atoms with van der Waals surface area (Å²) in [7, 11) is 0. The van der Waals surface area contributed by atoms with Crippen LogP contribution < -0.4 is 4.90 Å². The monoisotopic (exact) mass is 523 g/mol. The third kappa shape index (κ3) is 4.79. The highest BCUT2D eigenvalue weighted by molar-refractivity contribution is 6.10. The van der Waals surface area contributed by atoms with E-state index in [1.807, 2.05) is 0 Å². The summed E-state index contributed by atoms with van der Waals surface area (Å²) < 4.78 is 0. The molecule has 0 saturated carbocycles. The number of para-hydroxylation sites is 2. The number of rotatable bonds is 6. The largest absolute Gasteiger partial charge is 0.311 e. The summed E-state index contributed by atoms with van der Waals surface area (Å²) in [5, 5.41) is 2.49. The molecule has 0 aromatic heterocycles. The fourth-order valence-corrected chi connectivity index (χ4v) is 5.78. The molecule has 0 unspecified atom stereocenters. The first-order valence-electron chi connectivity index (χ1n) is 14.0. The topological polar surface area (TPSA) is 3.24 Å². The summed E-state index contributed by atoms with van der Waals surface area (Å²) in [6, 6.07) is 62.8. The number of anilines is 3. The van der Waals surface area contributed by atoms with Gasteiger partial charge in [-0.2, -0.15) is 0 Å². The van der Waals surface area contributed by atoms with E-state index in [2.05, 4.69) is 181 Å². The summed E-state index contributed by atoms with van der Waals surface area (Å²) in [6.07, 6.45) is 0. The van der Waals surface area contributed by atoms with E-state index < -0.39 is 0 Å². The maximum atomic E-state index is 2.34. The minimum absolute atomic E-state index is 1.12. The smallest absolute Gasteiger partial charge is 0.0462 e. The van der Waals surface area contributed by atoms with Crippen LogP contribution in [0.25, 0.3) is 44.2 Å². The molecule has 0 amide bonds. The first-order chi connectivity index (χ1) is 20.4. The molecule has 0 aliphatic rings. The van der Waals surface area contributed by atoms with E-state index >= 15 is 0 Å². The predicted octanol–water partition coefficient (Wildman–Crippen LogP) is 11.3. The van der Waals surface area contributed by atoms with Crippen LogP contribution in [0.2, 0.25) is 0 Å². The van der Waals surface area contributed by atoms with Gasteiger partial charge < -0.3 is 4.90 Å². The summed E-state index contributed by atoms with van der Waals surface area (Å²) >= 11 is 0. The zero-order chi connectivity index (χ0) is 27.4. The molecule has 0 aliphatic heterocycles. The van der Waals surface area contributed by atoms with E-state index in [4.69, 9.17) is 0 Å². The number of fused-ring (bicyclic) bond motifs is 1. The molecule has 0 atom stereocenters. The molecule has 0 radical (unpaired) electrons. The lowest BCUT2D eigenvalue weighted by atomic mass is 9.84. The van der Waals surface area contributed by atoms with Gasteiger partial charge >= 0.3 is 0 Å². The van der Waals surface area contributed by atoms with Crippen LogP contribution in [0.4, 0.5) is 17.1 Å². The molecule has 7 aromatic carbocycles. The lowest BCUT2D eigenvalue weighted by Crippen LogP contribution is -2.09. The Bertz CT molecular complexity index is 1850. The average molecular weight is 524 g/mol. The lowest BCUT2D eigenvalue weighted by Gasteiger charge is -2.26. The van der Waals surface area contributed by atoms with Crippen molar-refractivity contribution in [3.8, 4) is 33.4 Å². The van der Waals surface area contributed by atoms with E-state index in [0.717, 1.165) is 17.1 Å². The molecule has 1 heteroatoms. The van der Waals surface area contributed by atoms with Gasteiger partial charge in [0.15, 0.2) is 0 Å². The van der Waals surface area contributed by atoms with Gasteiger partial charge in [-0.1, -0.05) is 133 Å². The fourth-order valence-electron chi connectivity index (χ4n) is 5.78. The van der Waals surface area contributed by atoms with Crippen molar-refractivity contribution in [2.45, 2.75) is 0 Å². The first-order valence-corrected chi connectivity index (χ1v) is 14.0. The molecule has 1 nitrogen and oxygen atoms in total. The van der Waals surface area contributed by atoms with Crippen LogP contribution in [-0.2, 0) is 0 Å². The van der Waals surface area contributed by atoms with Crippen molar-refractivity contribution in [1.82, 2.24) is 0 Å². The molecule has 7 rings (SSSR count). The van der Waals surface area contributed by atoms with Crippen molar-refractivity contribution in [2.24, 2.45) is 0 Å². The van der Waals surface area contributed by atoms with E-state index in [0.29, 0.717) is 0 Å². The van der Waals surface area contributed by atoms with Crippen LogP contribution in [0, 0.1) is 0 Å². The van der Waals surface area contributed by atoms with Crippen molar-refractivity contribution < 1.29 is 0 Å². The minimum Gasteiger partial charge on any atom is -0.311 e. The fraction of sp³-hybridized carbons (Fsp3) is 0. The highest BCUT2D eigenvalue weighted by atomic mass is 15.1. The predicted molar refractivity (Wildman–Crippen MR) is 175 cm³/mol. The molecule has 41 heavy (non-hydrogen) atoms. The van der Waals surface area contributed by atoms with E-state index in [1.165, 1.54) is 44.2 Å². The minimum atomic E-state index is 1.12. The second kappa shape index (κ2) is 11.0. The molecule has 0 spiro atoms. The highest BCUT2D eigenvalue weighted by Crippen LogP contribution is 2.45. The van der Waals surface area contributed by atoms with E-state index in [-0.39, 0.29) is 0 Å². The van der Waals surface area contributed by atoms with Gasteiger partial charge in [-0.05, 0) is 86.6 Å². The van der Waals surface area contributed by atoms with Crippen molar-refractivity contribution in [2.75, 3.05) is 4.90 Å². The van der Waals surface area contributed by atoms with Crippen LogP contribution >= 0.6 is 0 Å². The molecule has 0 heterocycles. The Morgan fingerprint density at radius 3 is 1.34 bits per heavy atom. The van der Waals surface area contributed by atoms with Crippen LogP contribution in [0.1, 0.15) is 0 Å². The molecular weight excluding hydrogens is 494 g/mol. The Morgan fingerprint density at radius 1 is 0.317 bits per heavy atom. The Labute approximate surface area is 241 Å². The van der Waals surface area contributed by atoms with Gasteiger partial charge in [-0.3, -0.25) is 0 Å². The summed E-state index contributed by atoms with van der Waals surface area (Å²) in [4.78, 5) is 2.31. The molecule has 0 bridgehead atoms. The number of benzene rings is 7. The van der Waals surface area contributed by atoms with Crippen molar-refractivity contribution in [3.63, 3.8) is 0 Å². The van der Waals surface area contributed by atoms with Gasteiger partial charge in [-0.25, -0.2) is 0 Å². The second-order valence-corrected chi connectivity index (χ2v) is 10.2. The molecule has 7 aromatic rings. The summed E-state index contributed by atoms with van der Waals surface area (Å²) in [5.41, 5.74) is 10.8. The van der Waals surface area contributed by atoms with Crippen LogP contribution in [0.15, 0.2) is 176 Å². The third-order valence-corrected chi connectivity index (χ3v) is 7.64. The number of hydrogen-bond acceptors (Lipinski definition) is 1. The maximum absolute atomic E-state index is 2.34. The molecule has 194 valence electrons. The zero-order valence-corrected chi connectivity index (χ0v) is 22.7. The lowest BCUT2D eigenvalue weighted by molar-refractivity contribution is 1.28. The molecule has 0 N–H and O–H groups in total. The highest BCUT2D eigenvalue weighted by Gasteiger charge is 2.19. The van der Waals surface area contributed by atoms with Crippen molar-refractivity contribution in [3.05, 3.63) is 176 Å². The van der Waals surface area contributed by atoms with Gasteiger partial charge in [0, 0.05) is 17.1 Å². The number of nitrogens with zero attached hydrogens (tertiary/aromatic N) is 1. The molecule has 0 fully saturated rings. The van der Waals surface area contributed by atoms with E-state index in [9.17, 15) is 0 Å². The standard InChI is InChI=1S/C40H29N/c1-5-15-30(16-6-1)38-29-33-19-13-14-24-37(33)39(40(38)31-17-7-2-8-18-31)32-25-27-36(28-26-32)41(34-20-9-3-10-21-34)35-22-11-4-12-23-35/h1-29H. The SMILES string of the molecule is c1ccc(-c2cc3ccccc3c(-c3ccc(N(c4ccccc4)c4ccccc4)cc3)c2-c2ccccc2)cc1. The summed E-state index contributed by atoms with van der Waals surface area (Å²) in [6.45, 7) is 0. The van der Waals surface area contributed by atoms with Gasteiger partial charge in [0.2, 0.25) is 0 Å². The Balaban J connectivity index is 1.46. The summed E-state index contributed by atoms with van der Waals surface area (Å²) in [5.74, 6) is 0. The molecule has 0 aliphatic carbocycles. The van der Waals surface area contributed by atoms with Gasteiger partial charge in [0.25, 0.3) is 0 Å². The Hall–Kier alpha value is -5.40. The molecular formula is C40H29N. The van der Waals surface area contributed by atoms with E-state index in [1.54, 1.807) is 0 Å². The van der Waals surface area contributed by atoms with Gasteiger partial charge in [-0.15, -0.1) is 0 Å². The maximum Gasteiger partial charge on any atom is 0.0462 e. The van der Waals surface area contributed by atoms with Gasteiger partial charge in [0.1, 0.15) is 0 Å². The zero-order valence-electron chi connectivity index (χ0n) is 22.7. The molecule has 0 saturated heterocycles. The van der Waals surface area contributed by atoms with Crippen LogP contribution in [0.3, 0.4) is 0 Å². The second-order valence-electron chi connectivity index (χ2n) is 10.2. The van der Waals surface area contributed by atoms with Crippen LogP contribution in [-0.4, -0.2) is 0 Å². The third-order valence-electron chi connectivity index (χ3n) is 7.64. The Morgan fingerprint density at radius 2 is 0.756 bits per heavy atom. The number of hydrogen-bond donors (Lipinski definition) is 0. The van der Waals surface area contributed by atoms with Crippen LogP contribution in [0.5, 0.6) is 0 Å². The Kier molecular flexibility index (Phi) is 6.61. The van der Waals surface area contributed by atoms with Crippen molar-refractivity contribution >= 4 is 27.8 Å².